The number of hydrogen-bond acceptors (Lipinski definition) is 9. The van der Waals surface area contributed by atoms with Crippen molar-refractivity contribution < 1.29 is 44.8 Å². The zero-order valence-electron chi connectivity index (χ0n) is 20.1. The summed E-state index contributed by atoms with van der Waals surface area (Å²) in [6, 6.07) is 7.28. The zero-order chi connectivity index (χ0) is 26.1. The quantitative estimate of drug-likeness (QED) is 0.344. The molecule has 0 spiro atoms. The summed E-state index contributed by atoms with van der Waals surface area (Å²) in [4.78, 5) is 0. The second-order valence-electron chi connectivity index (χ2n) is 7.68. The molecule has 190 valence electrons. The van der Waals surface area contributed by atoms with Gasteiger partial charge >= 0.3 is 0 Å². The smallest absolute Gasteiger partial charge is 0.196 e. The number of allylic oxidation sites excluding steroid dienone is 3. The SMILES string of the molecule is CO.COC1=CC(C)=CCC(OC)=C1O.Oc1cc(O)c2c(c1)O[C@H](c1ccc(O)c(O)c1)CC2. The number of aromatic hydroxyl groups is 4. The van der Waals surface area contributed by atoms with E-state index in [0.717, 1.165) is 18.2 Å². The monoisotopic (exact) mass is 488 g/mol. The summed E-state index contributed by atoms with van der Waals surface area (Å²) in [5.41, 5.74) is 2.45. The average Bonchev–Trinajstić information content (AvgIpc) is 2.99. The maximum Gasteiger partial charge on any atom is 0.196 e. The van der Waals surface area contributed by atoms with Crippen molar-refractivity contribution in [3.8, 4) is 28.7 Å². The van der Waals surface area contributed by atoms with Crippen LogP contribution in [0, 0.1) is 0 Å². The minimum atomic E-state index is -0.296. The highest BCUT2D eigenvalue weighted by atomic mass is 16.5. The highest BCUT2D eigenvalue weighted by molar-refractivity contribution is 5.51. The van der Waals surface area contributed by atoms with Crippen LogP contribution in [0.5, 0.6) is 28.7 Å². The number of rotatable bonds is 3. The Balaban J connectivity index is 0.000000251. The van der Waals surface area contributed by atoms with Gasteiger partial charge in [0.15, 0.2) is 23.0 Å². The fraction of sp³-hybridized carbons (Fsp3) is 0.308. The molecule has 0 fully saturated rings. The predicted octanol–water partition coefficient (Wildman–Crippen LogP) is 4.47. The van der Waals surface area contributed by atoms with Gasteiger partial charge in [0.25, 0.3) is 0 Å². The number of benzene rings is 2. The van der Waals surface area contributed by atoms with Crippen molar-refractivity contribution in [3.05, 3.63) is 76.5 Å². The predicted molar refractivity (Wildman–Crippen MR) is 130 cm³/mol. The molecule has 35 heavy (non-hydrogen) atoms. The van der Waals surface area contributed by atoms with E-state index in [4.69, 9.17) is 19.3 Å². The lowest BCUT2D eigenvalue weighted by Gasteiger charge is -2.27. The van der Waals surface area contributed by atoms with Crippen LogP contribution < -0.4 is 4.74 Å². The van der Waals surface area contributed by atoms with Crippen molar-refractivity contribution in [2.45, 2.75) is 32.3 Å². The van der Waals surface area contributed by atoms with Gasteiger partial charge in [-0.05, 0) is 43.5 Å². The minimum Gasteiger partial charge on any atom is -0.508 e. The third kappa shape index (κ3) is 6.77. The molecule has 9 heteroatoms. The van der Waals surface area contributed by atoms with E-state index in [9.17, 15) is 25.5 Å². The fourth-order valence-corrected chi connectivity index (χ4v) is 3.59. The van der Waals surface area contributed by atoms with Gasteiger partial charge in [0.2, 0.25) is 0 Å². The van der Waals surface area contributed by atoms with Crippen molar-refractivity contribution in [2.24, 2.45) is 0 Å². The van der Waals surface area contributed by atoms with E-state index in [1.165, 1.54) is 38.5 Å². The first-order valence-electron chi connectivity index (χ1n) is 10.8. The van der Waals surface area contributed by atoms with Crippen LogP contribution in [0.1, 0.15) is 37.0 Å². The number of ether oxygens (including phenoxy) is 3. The van der Waals surface area contributed by atoms with Gasteiger partial charge in [-0.15, -0.1) is 0 Å². The van der Waals surface area contributed by atoms with Crippen LogP contribution in [0.4, 0.5) is 0 Å². The first kappa shape index (κ1) is 27.3. The van der Waals surface area contributed by atoms with Gasteiger partial charge < -0.3 is 44.8 Å². The topological polar surface area (TPSA) is 149 Å². The number of aliphatic hydroxyl groups is 2. The summed E-state index contributed by atoms with van der Waals surface area (Å²) >= 11 is 0. The maximum atomic E-state index is 9.76. The summed E-state index contributed by atoms with van der Waals surface area (Å²) in [7, 11) is 4.06. The summed E-state index contributed by atoms with van der Waals surface area (Å²) in [5, 5.41) is 54.8. The second kappa shape index (κ2) is 12.5. The largest absolute Gasteiger partial charge is 0.508 e. The fourth-order valence-electron chi connectivity index (χ4n) is 3.59. The van der Waals surface area contributed by atoms with Gasteiger partial charge in [-0.2, -0.15) is 0 Å². The summed E-state index contributed by atoms with van der Waals surface area (Å²) in [5.74, 6) is 1.08. The van der Waals surface area contributed by atoms with Crippen LogP contribution in [0.2, 0.25) is 0 Å². The average molecular weight is 489 g/mol. The number of phenols is 4. The van der Waals surface area contributed by atoms with E-state index < -0.39 is 0 Å². The van der Waals surface area contributed by atoms with Crippen molar-refractivity contribution >= 4 is 0 Å². The van der Waals surface area contributed by atoms with E-state index in [-0.39, 0.29) is 34.9 Å². The van der Waals surface area contributed by atoms with E-state index in [1.807, 2.05) is 13.0 Å². The van der Waals surface area contributed by atoms with Crippen LogP contribution in [-0.2, 0) is 15.9 Å². The van der Waals surface area contributed by atoms with Crippen molar-refractivity contribution in [1.29, 1.82) is 0 Å². The van der Waals surface area contributed by atoms with E-state index in [1.54, 1.807) is 12.1 Å². The Kier molecular flexibility index (Phi) is 9.72. The molecule has 9 nitrogen and oxygen atoms in total. The number of methoxy groups -OCH3 is 2. The molecule has 2 aliphatic rings. The molecular formula is C26H32O9. The Bertz CT molecular complexity index is 1120. The van der Waals surface area contributed by atoms with Crippen molar-refractivity contribution in [1.82, 2.24) is 0 Å². The van der Waals surface area contributed by atoms with Gasteiger partial charge in [0, 0.05) is 31.2 Å². The lowest BCUT2D eigenvalue weighted by molar-refractivity contribution is 0.173. The molecule has 0 bridgehead atoms. The molecule has 0 unspecified atom stereocenters. The van der Waals surface area contributed by atoms with Gasteiger partial charge in [-0.3, -0.25) is 0 Å². The van der Waals surface area contributed by atoms with Gasteiger partial charge in [-0.1, -0.05) is 17.7 Å². The van der Waals surface area contributed by atoms with Crippen LogP contribution in [-0.4, -0.2) is 52.0 Å². The van der Waals surface area contributed by atoms with Gasteiger partial charge in [0.05, 0.1) is 14.2 Å². The molecule has 1 heterocycles. The molecule has 1 aliphatic heterocycles. The Labute approximate surface area is 204 Å². The number of hydrogen-bond donors (Lipinski definition) is 6. The van der Waals surface area contributed by atoms with E-state index in [2.05, 4.69) is 0 Å². The number of phenolic OH excluding ortho intramolecular Hbond substituents is 4. The number of fused-ring (bicyclic) bond motifs is 1. The molecular weight excluding hydrogens is 456 g/mol. The third-order valence-electron chi connectivity index (χ3n) is 5.40. The first-order chi connectivity index (χ1) is 16.7. The molecule has 2 aromatic carbocycles. The molecule has 4 rings (SSSR count). The van der Waals surface area contributed by atoms with Crippen LogP contribution in [0.3, 0.4) is 0 Å². The molecule has 1 atom stereocenters. The minimum absolute atomic E-state index is 0.0204. The summed E-state index contributed by atoms with van der Waals surface area (Å²) < 4.78 is 15.8. The first-order valence-corrected chi connectivity index (χ1v) is 10.8. The van der Waals surface area contributed by atoms with Crippen LogP contribution in [0.15, 0.2) is 65.3 Å². The molecule has 0 saturated heterocycles. The second-order valence-corrected chi connectivity index (χ2v) is 7.68. The molecule has 0 aromatic heterocycles. The Morgan fingerprint density at radius 1 is 0.886 bits per heavy atom. The maximum absolute atomic E-state index is 9.76. The van der Waals surface area contributed by atoms with Crippen LogP contribution >= 0.6 is 0 Å². The molecule has 0 saturated carbocycles. The third-order valence-corrected chi connectivity index (χ3v) is 5.40. The van der Waals surface area contributed by atoms with Crippen LogP contribution in [0.25, 0.3) is 0 Å². The Morgan fingerprint density at radius 2 is 1.60 bits per heavy atom. The highest BCUT2D eigenvalue weighted by Crippen LogP contribution is 2.42. The molecule has 6 N–H and O–H groups in total. The standard InChI is InChI=1S/C15H14O5.C10H14O3.CH4O/c16-9-6-12(18)10-2-4-14(20-15(10)7-9)8-1-3-11(17)13(19)5-8;1-7-4-5-8(12-2)10(11)9(6-7)13-3;1-2/h1,3,5-7,14,16-19H,2,4H2;4,6,11H,5H2,1-3H3;2H,1H3/t14-;;/m0../s1. The van der Waals surface area contributed by atoms with E-state index >= 15 is 0 Å². The lowest BCUT2D eigenvalue weighted by atomic mass is 9.96. The molecule has 0 amide bonds. The molecule has 1 aliphatic carbocycles. The summed E-state index contributed by atoms with van der Waals surface area (Å²) in [6.45, 7) is 1.95. The van der Waals surface area contributed by atoms with Crippen molar-refractivity contribution in [3.63, 3.8) is 0 Å². The Hall–Kier alpha value is -3.98. The highest BCUT2D eigenvalue weighted by Gasteiger charge is 2.25. The molecule has 0 radical (unpaired) electrons. The summed E-state index contributed by atoms with van der Waals surface area (Å²) in [6.07, 6.45) is 5.29. The Morgan fingerprint density at radius 3 is 2.23 bits per heavy atom. The zero-order valence-corrected chi connectivity index (χ0v) is 20.1. The van der Waals surface area contributed by atoms with Gasteiger partial charge in [-0.25, -0.2) is 0 Å². The lowest BCUT2D eigenvalue weighted by Crippen LogP contribution is -2.15. The van der Waals surface area contributed by atoms with Gasteiger partial charge in [0.1, 0.15) is 29.1 Å². The number of aliphatic hydroxyl groups excluding tert-OH is 2. The van der Waals surface area contributed by atoms with E-state index in [0.29, 0.717) is 42.1 Å². The normalized spacial score (nSPS) is 16.5. The molecule has 2 aromatic rings. The van der Waals surface area contributed by atoms with Crippen molar-refractivity contribution in [2.75, 3.05) is 21.3 Å².